The quantitative estimate of drug-likeness (QED) is 0.366. The Morgan fingerprint density at radius 1 is 1.29 bits per heavy atom. The number of rotatable bonds is 9. The van der Waals surface area contributed by atoms with E-state index in [2.05, 4.69) is 17.2 Å². The molecule has 0 unspecified atom stereocenters. The Kier molecular flexibility index (Phi) is 7.76. The summed E-state index contributed by atoms with van der Waals surface area (Å²) in [4.78, 5) is 10.8. The molecule has 0 aliphatic heterocycles. The normalized spacial score (nSPS) is 11.1. The third kappa shape index (κ3) is 5.20. The maximum absolute atomic E-state index is 13.5. The van der Waals surface area contributed by atoms with Crippen LogP contribution in [0.4, 0.5) is 10.1 Å². The van der Waals surface area contributed by atoms with Crippen molar-refractivity contribution in [2.45, 2.75) is 39.7 Å². The lowest BCUT2D eigenvalue weighted by atomic mass is 9.97. The number of anilines is 1. The highest BCUT2D eigenvalue weighted by atomic mass is 19.1. The molecular formula is C23H25FN2O2. The van der Waals surface area contributed by atoms with Gasteiger partial charge >= 0.3 is 0 Å². The Bertz CT molecular complexity index is 895. The molecule has 0 spiro atoms. The van der Waals surface area contributed by atoms with E-state index in [0.29, 0.717) is 31.0 Å². The van der Waals surface area contributed by atoms with Crippen LogP contribution >= 0.6 is 0 Å². The highest BCUT2D eigenvalue weighted by Gasteiger charge is 2.14. The fourth-order valence-corrected chi connectivity index (χ4v) is 3.00. The Hall–Kier alpha value is -3.13. The first-order chi connectivity index (χ1) is 13.5. The Morgan fingerprint density at radius 2 is 2.00 bits per heavy atom. The van der Waals surface area contributed by atoms with Crippen LogP contribution in [-0.4, -0.2) is 18.8 Å². The maximum atomic E-state index is 13.5. The summed E-state index contributed by atoms with van der Waals surface area (Å²) in [5.41, 5.74) is 3.64. The lowest BCUT2D eigenvalue weighted by Gasteiger charge is -2.16. The third-order valence-corrected chi connectivity index (χ3v) is 4.49. The number of carbonyl (C=O) groups excluding carboxylic acids is 1. The summed E-state index contributed by atoms with van der Waals surface area (Å²) in [7, 11) is 0. The fraction of sp³-hybridized carbons (Fsp3) is 0.304. The first-order valence-electron chi connectivity index (χ1n) is 9.21. The first kappa shape index (κ1) is 21.2. The molecule has 5 heteroatoms. The van der Waals surface area contributed by atoms with Crippen molar-refractivity contribution in [2.75, 3.05) is 11.9 Å². The van der Waals surface area contributed by atoms with Crippen LogP contribution < -0.4 is 10.1 Å². The standard InChI is InChI=1S/C23H25FN2O2/c1-4-6-17(13-14-27)18-7-10-20(11-8-18)28-15-19-9-12-21(23(24)25)22(16(19)3)26-5-2/h7-12,14,17,25-26H,5,13,15H2,1-3H3/t17-/m0/s1. The molecular weight excluding hydrogens is 355 g/mol. The molecule has 4 nitrogen and oxygen atoms in total. The molecule has 28 heavy (non-hydrogen) atoms. The van der Waals surface area contributed by atoms with Crippen molar-refractivity contribution in [1.82, 2.24) is 0 Å². The van der Waals surface area contributed by atoms with E-state index in [4.69, 9.17) is 10.1 Å². The Morgan fingerprint density at radius 3 is 2.57 bits per heavy atom. The summed E-state index contributed by atoms with van der Waals surface area (Å²) >= 11 is 0. The molecule has 0 saturated heterocycles. The number of hydrogen-bond donors (Lipinski definition) is 2. The van der Waals surface area contributed by atoms with E-state index in [1.807, 2.05) is 38.1 Å². The molecule has 0 fully saturated rings. The van der Waals surface area contributed by atoms with E-state index in [9.17, 15) is 9.18 Å². The number of halogens is 1. The smallest absolute Gasteiger partial charge is 0.214 e. The van der Waals surface area contributed by atoms with E-state index in [1.165, 1.54) is 0 Å². The molecule has 0 bridgehead atoms. The molecule has 0 aliphatic carbocycles. The second kappa shape index (κ2) is 10.3. The van der Waals surface area contributed by atoms with Crippen molar-refractivity contribution in [3.8, 4) is 17.6 Å². The zero-order chi connectivity index (χ0) is 20.5. The van der Waals surface area contributed by atoms with Gasteiger partial charge in [-0.3, -0.25) is 5.41 Å². The molecule has 0 aliphatic rings. The average molecular weight is 380 g/mol. The number of benzene rings is 2. The molecule has 0 radical (unpaired) electrons. The van der Waals surface area contributed by atoms with E-state index >= 15 is 0 Å². The minimum Gasteiger partial charge on any atom is -0.489 e. The van der Waals surface area contributed by atoms with E-state index in [0.717, 1.165) is 23.0 Å². The van der Waals surface area contributed by atoms with Crippen molar-refractivity contribution in [3.05, 3.63) is 58.7 Å². The van der Waals surface area contributed by atoms with Gasteiger partial charge in [-0.25, -0.2) is 0 Å². The number of carbonyl (C=O) groups is 1. The van der Waals surface area contributed by atoms with Gasteiger partial charge in [-0.2, -0.15) is 4.39 Å². The van der Waals surface area contributed by atoms with Crippen molar-refractivity contribution < 1.29 is 13.9 Å². The zero-order valence-electron chi connectivity index (χ0n) is 16.4. The fourth-order valence-electron chi connectivity index (χ4n) is 3.00. The van der Waals surface area contributed by atoms with Crippen LogP contribution in [-0.2, 0) is 11.4 Å². The number of nitrogens with one attached hydrogen (secondary N) is 2. The highest BCUT2D eigenvalue weighted by Crippen LogP contribution is 2.27. The van der Waals surface area contributed by atoms with Gasteiger partial charge in [-0.05, 0) is 55.7 Å². The number of hydrogen-bond acceptors (Lipinski definition) is 4. The van der Waals surface area contributed by atoms with Crippen molar-refractivity contribution in [3.63, 3.8) is 0 Å². The minimum absolute atomic E-state index is 0.106. The van der Waals surface area contributed by atoms with Gasteiger partial charge in [0.2, 0.25) is 5.97 Å². The van der Waals surface area contributed by atoms with Crippen LogP contribution in [0, 0.1) is 24.2 Å². The Labute approximate surface area is 165 Å². The van der Waals surface area contributed by atoms with Crippen LogP contribution in [0.1, 0.15) is 48.4 Å². The minimum atomic E-state index is -0.956. The maximum Gasteiger partial charge on any atom is 0.214 e. The van der Waals surface area contributed by atoms with Gasteiger partial charge in [0.25, 0.3) is 0 Å². The van der Waals surface area contributed by atoms with Crippen molar-refractivity contribution >= 4 is 17.9 Å². The van der Waals surface area contributed by atoms with Gasteiger partial charge in [-0.15, -0.1) is 5.92 Å². The van der Waals surface area contributed by atoms with Crippen LogP contribution in [0.5, 0.6) is 5.75 Å². The second-order valence-corrected chi connectivity index (χ2v) is 6.32. The molecule has 1 atom stereocenters. The van der Waals surface area contributed by atoms with Gasteiger partial charge in [-0.1, -0.05) is 24.1 Å². The highest BCUT2D eigenvalue weighted by molar-refractivity contribution is 5.97. The molecule has 2 N–H and O–H groups in total. The second-order valence-electron chi connectivity index (χ2n) is 6.32. The SMILES string of the molecule is CC#C[C@@H](CC=O)c1ccc(OCc2ccc(C(=N)F)c(NCC)c2C)cc1. The summed E-state index contributed by atoms with van der Waals surface area (Å²) in [6.07, 6.45) is 1.24. The monoisotopic (exact) mass is 380 g/mol. The molecule has 2 aromatic carbocycles. The summed E-state index contributed by atoms with van der Waals surface area (Å²) < 4.78 is 19.4. The first-order valence-corrected chi connectivity index (χ1v) is 9.21. The largest absolute Gasteiger partial charge is 0.489 e. The average Bonchev–Trinajstić information content (AvgIpc) is 2.69. The zero-order valence-corrected chi connectivity index (χ0v) is 16.4. The predicted molar refractivity (Wildman–Crippen MR) is 111 cm³/mol. The van der Waals surface area contributed by atoms with Gasteiger partial charge in [0.05, 0.1) is 11.5 Å². The van der Waals surface area contributed by atoms with Gasteiger partial charge in [0.15, 0.2) is 0 Å². The van der Waals surface area contributed by atoms with Crippen LogP contribution in [0.3, 0.4) is 0 Å². The summed E-state index contributed by atoms with van der Waals surface area (Å²) in [6.45, 7) is 6.54. The number of aldehydes is 1. The number of ether oxygens (including phenoxy) is 1. The molecule has 2 aromatic rings. The van der Waals surface area contributed by atoms with Gasteiger partial charge < -0.3 is 14.8 Å². The van der Waals surface area contributed by atoms with Gasteiger partial charge in [0.1, 0.15) is 18.6 Å². The van der Waals surface area contributed by atoms with E-state index in [-0.39, 0.29) is 11.5 Å². The summed E-state index contributed by atoms with van der Waals surface area (Å²) in [5, 5.41) is 10.4. The van der Waals surface area contributed by atoms with E-state index < -0.39 is 5.97 Å². The van der Waals surface area contributed by atoms with Crippen LogP contribution in [0.15, 0.2) is 36.4 Å². The summed E-state index contributed by atoms with van der Waals surface area (Å²) in [5.74, 6) is 5.54. The lowest BCUT2D eigenvalue weighted by molar-refractivity contribution is -0.107. The van der Waals surface area contributed by atoms with Gasteiger partial charge in [0, 0.05) is 18.7 Å². The Balaban J connectivity index is 2.15. The lowest BCUT2D eigenvalue weighted by Crippen LogP contribution is -2.08. The molecule has 0 aromatic heterocycles. The predicted octanol–water partition coefficient (Wildman–Crippen LogP) is 5.00. The molecule has 146 valence electrons. The van der Waals surface area contributed by atoms with Crippen LogP contribution in [0.25, 0.3) is 0 Å². The summed E-state index contributed by atoms with van der Waals surface area (Å²) in [6, 6.07) is 10.9. The molecule has 2 rings (SSSR count). The van der Waals surface area contributed by atoms with E-state index in [1.54, 1.807) is 19.1 Å². The van der Waals surface area contributed by atoms with Crippen LogP contribution in [0.2, 0.25) is 0 Å². The topological polar surface area (TPSA) is 62.2 Å². The molecule has 0 amide bonds. The molecule has 0 saturated carbocycles. The van der Waals surface area contributed by atoms with Crippen molar-refractivity contribution in [1.29, 1.82) is 5.41 Å². The third-order valence-electron chi connectivity index (χ3n) is 4.49. The molecule has 0 heterocycles. The van der Waals surface area contributed by atoms with Crippen molar-refractivity contribution in [2.24, 2.45) is 0 Å².